The third-order valence-corrected chi connectivity index (χ3v) is 3.34. The summed E-state index contributed by atoms with van der Waals surface area (Å²) in [4.78, 5) is 15.1. The highest BCUT2D eigenvalue weighted by atomic mass is 16.5. The Hall–Kier alpha value is -2.21. The van der Waals surface area contributed by atoms with E-state index in [2.05, 4.69) is 10.1 Å². The Morgan fingerprint density at radius 3 is 2.65 bits per heavy atom. The minimum atomic E-state index is -0.960. The second-order valence-corrected chi connectivity index (χ2v) is 4.85. The Morgan fingerprint density at radius 2 is 2.05 bits per heavy atom. The molecule has 1 saturated heterocycles. The maximum Gasteiger partial charge on any atom is 0.335 e. The molecule has 1 aromatic heterocycles. The average molecular weight is 274 g/mol. The van der Waals surface area contributed by atoms with Gasteiger partial charge in [-0.15, -0.1) is 0 Å². The van der Waals surface area contributed by atoms with Crippen LogP contribution in [0.2, 0.25) is 0 Å². The Balaban J connectivity index is 1.81. The van der Waals surface area contributed by atoms with E-state index in [9.17, 15) is 4.79 Å². The van der Waals surface area contributed by atoms with Crippen LogP contribution in [0, 0.1) is 0 Å². The average Bonchev–Trinajstić information content (AvgIpc) is 3.07. The minimum absolute atomic E-state index is 0.135. The van der Waals surface area contributed by atoms with Crippen molar-refractivity contribution in [2.45, 2.75) is 32.0 Å². The molecule has 0 aliphatic carbocycles. The highest BCUT2D eigenvalue weighted by Crippen LogP contribution is 2.32. The van der Waals surface area contributed by atoms with Crippen molar-refractivity contribution in [2.24, 2.45) is 0 Å². The number of aromatic carboxylic acids is 1. The predicted octanol–water partition coefficient (Wildman–Crippen LogP) is 2.67. The number of ether oxygens (including phenoxy) is 1. The molecule has 1 N–H and O–H groups in total. The summed E-state index contributed by atoms with van der Waals surface area (Å²) in [5.74, 6) is -0.0366. The summed E-state index contributed by atoms with van der Waals surface area (Å²) in [6.45, 7) is 2.02. The van der Waals surface area contributed by atoms with Crippen LogP contribution in [0.1, 0.15) is 42.1 Å². The molecule has 1 fully saturated rings. The predicted molar refractivity (Wildman–Crippen MR) is 69.2 cm³/mol. The first-order valence-electron chi connectivity index (χ1n) is 6.46. The van der Waals surface area contributed by atoms with Gasteiger partial charge in [-0.2, -0.15) is 4.98 Å². The van der Waals surface area contributed by atoms with Crippen molar-refractivity contribution in [3.63, 3.8) is 0 Å². The summed E-state index contributed by atoms with van der Waals surface area (Å²) < 4.78 is 10.9. The van der Waals surface area contributed by atoms with Crippen LogP contribution in [0.15, 0.2) is 28.8 Å². The van der Waals surface area contributed by atoms with Crippen molar-refractivity contribution < 1.29 is 19.2 Å². The van der Waals surface area contributed by atoms with Crippen molar-refractivity contribution in [2.75, 3.05) is 0 Å². The van der Waals surface area contributed by atoms with Crippen LogP contribution >= 0.6 is 0 Å². The Kier molecular flexibility index (Phi) is 3.23. The lowest BCUT2D eigenvalue weighted by molar-refractivity contribution is 0.0355. The molecule has 0 amide bonds. The number of carbonyl (C=O) groups is 1. The molecule has 6 nitrogen and oxygen atoms in total. The summed E-state index contributed by atoms with van der Waals surface area (Å²) in [6, 6.07) is 6.36. The van der Waals surface area contributed by atoms with Gasteiger partial charge >= 0.3 is 5.97 Å². The SMILES string of the molecule is CC1CCC(c2nc(-c3ccc(C(=O)O)cc3)no2)O1. The quantitative estimate of drug-likeness (QED) is 0.926. The number of hydrogen-bond donors (Lipinski definition) is 1. The van der Waals surface area contributed by atoms with E-state index in [1.807, 2.05) is 6.92 Å². The molecular formula is C14H14N2O4. The zero-order valence-corrected chi connectivity index (χ0v) is 10.9. The van der Waals surface area contributed by atoms with Gasteiger partial charge in [0.15, 0.2) is 0 Å². The van der Waals surface area contributed by atoms with Gasteiger partial charge in [0.25, 0.3) is 5.89 Å². The number of carboxylic acid groups (broad SMARTS) is 1. The Bertz CT molecular complexity index is 620. The van der Waals surface area contributed by atoms with Crippen LogP contribution in [-0.4, -0.2) is 27.3 Å². The lowest BCUT2D eigenvalue weighted by Gasteiger charge is -2.04. The molecule has 1 aromatic carbocycles. The fraction of sp³-hybridized carbons (Fsp3) is 0.357. The van der Waals surface area contributed by atoms with Gasteiger partial charge in [-0.05, 0) is 31.9 Å². The molecule has 3 rings (SSSR count). The van der Waals surface area contributed by atoms with E-state index in [1.165, 1.54) is 12.1 Å². The summed E-state index contributed by atoms with van der Waals surface area (Å²) in [7, 11) is 0. The van der Waals surface area contributed by atoms with Crippen LogP contribution in [-0.2, 0) is 4.74 Å². The second kappa shape index (κ2) is 5.05. The van der Waals surface area contributed by atoms with E-state index < -0.39 is 5.97 Å². The molecule has 0 radical (unpaired) electrons. The van der Waals surface area contributed by atoms with Gasteiger partial charge in [-0.3, -0.25) is 0 Å². The maximum absolute atomic E-state index is 10.8. The molecule has 1 aliphatic heterocycles. The van der Waals surface area contributed by atoms with Gasteiger partial charge < -0.3 is 14.4 Å². The molecule has 6 heteroatoms. The highest BCUT2D eigenvalue weighted by molar-refractivity contribution is 5.88. The van der Waals surface area contributed by atoms with Gasteiger partial charge in [0, 0.05) is 5.56 Å². The fourth-order valence-electron chi connectivity index (χ4n) is 2.23. The number of nitrogens with zero attached hydrogens (tertiary/aromatic N) is 2. The largest absolute Gasteiger partial charge is 0.478 e. The Labute approximate surface area is 115 Å². The van der Waals surface area contributed by atoms with Crippen molar-refractivity contribution >= 4 is 5.97 Å². The second-order valence-electron chi connectivity index (χ2n) is 4.85. The molecule has 1 aliphatic rings. The first kappa shape index (κ1) is 12.8. The number of benzene rings is 1. The van der Waals surface area contributed by atoms with Gasteiger partial charge in [0.1, 0.15) is 6.10 Å². The van der Waals surface area contributed by atoms with Crippen LogP contribution in [0.4, 0.5) is 0 Å². The smallest absolute Gasteiger partial charge is 0.335 e. The third kappa shape index (κ3) is 2.42. The molecule has 2 unspecified atom stereocenters. The van der Waals surface area contributed by atoms with Crippen LogP contribution < -0.4 is 0 Å². The minimum Gasteiger partial charge on any atom is -0.478 e. The summed E-state index contributed by atoms with van der Waals surface area (Å²) in [5, 5.41) is 12.8. The number of aromatic nitrogens is 2. The van der Waals surface area contributed by atoms with Gasteiger partial charge in [0.05, 0.1) is 11.7 Å². The molecule has 2 atom stereocenters. The molecule has 0 saturated carbocycles. The first-order valence-corrected chi connectivity index (χ1v) is 6.46. The van der Waals surface area contributed by atoms with E-state index in [0.29, 0.717) is 11.7 Å². The van der Waals surface area contributed by atoms with Gasteiger partial charge in [-0.25, -0.2) is 4.79 Å². The molecule has 0 spiro atoms. The molecule has 2 aromatic rings. The first-order chi connectivity index (χ1) is 9.63. The zero-order chi connectivity index (χ0) is 14.1. The maximum atomic E-state index is 10.8. The fourth-order valence-corrected chi connectivity index (χ4v) is 2.23. The molecular weight excluding hydrogens is 260 g/mol. The standard InChI is InChI=1S/C14H14N2O4/c1-8-2-7-11(19-8)13-15-12(16-20-13)9-3-5-10(6-4-9)14(17)18/h3-6,8,11H,2,7H2,1H3,(H,17,18). The monoisotopic (exact) mass is 274 g/mol. The summed E-state index contributed by atoms with van der Waals surface area (Å²) in [6.07, 6.45) is 1.94. The van der Waals surface area contributed by atoms with Crippen LogP contribution in [0.3, 0.4) is 0 Å². The number of hydrogen-bond acceptors (Lipinski definition) is 5. The van der Waals surface area contributed by atoms with Gasteiger partial charge in [0.2, 0.25) is 5.82 Å². The molecule has 2 heterocycles. The summed E-state index contributed by atoms with van der Waals surface area (Å²) in [5.41, 5.74) is 0.946. The van der Waals surface area contributed by atoms with E-state index in [1.54, 1.807) is 12.1 Å². The lowest BCUT2D eigenvalue weighted by atomic mass is 10.1. The number of rotatable bonds is 3. The van der Waals surface area contributed by atoms with E-state index in [-0.39, 0.29) is 17.8 Å². The zero-order valence-electron chi connectivity index (χ0n) is 10.9. The number of carboxylic acids is 1. The topological polar surface area (TPSA) is 85.5 Å². The van der Waals surface area contributed by atoms with Gasteiger partial charge in [-0.1, -0.05) is 17.3 Å². The van der Waals surface area contributed by atoms with E-state index in [4.69, 9.17) is 14.4 Å². The van der Waals surface area contributed by atoms with Crippen molar-refractivity contribution in [3.8, 4) is 11.4 Å². The van der Waals surface area contributed by atoms with E-state index in [0.717, 1.165) is 18.4 Å². The van der Waals surface area contributed by atoms with Crippen LogP contribution in [0.25, 0.3) is 11.4 Å². The third-order valence-electron chi connectivity index (χ3n) is 3.34. The normalized spacial score (nSPS) is 22.1. The van der Waals surface area contributed by atoms with Crippen LogP contribution in [0.5, 0.6) is 0 Å². The Morgan fingerprint density at radius 1 is 1.30 bits per heavy atom. The molecule has 20 heavy (non-hydrogen) atoms. The lowest BCUT2D eigenvalue weighted by Crippen LogP contribution is -2.01. The highest BCUT2D eigenvalue weighted by Gasteiger charge is 2.28. The molecule has 0 bridgehead atoms. The van der Waals surface area contributed by atoms with Crippen molar-refractivity contribution in [1.82, 2.24) is 10.1 Å². The van der Waals surface area contributed by atoms with Crippen molar-refractivity contribution in [3.05, 3.63) is 35.7 Å². The van der Waals surface area contributed by atoms with E-state index >= 15 is 0 Å². The summed E-state index contributed by atoms with van der Waals surface area (Å²) >= 11 is 0. The molecule has 104 valence electrons. The van der Waals surface area contributed by atoms with Crippen molar-refractivity contribution in [1.29, 1.82) is 0 Å².